The van der Waals surface area contributed by atoms with Gasteiger partial charge in [-0.3, -0.25) is 9.59 Å². The Morgan fingerprint density at radius 1 is 0.900 bits per heavy atom. The lowest BCUT2D eigenvalue weighted by Crippen LogP contribution is -2.31. The van der Waals surface area contributed by atoms with Gasteiger partial charge >= 0.3 is 0 Å². The minimum absolute atomic E-state index is 0.146. The number of fused-ring (bicyclic) bond motifs is 1. The van der Waals surface area contributed by atoms with Crippen LogP contribution in [0.1, 0.15) is 25.7 Å². The Balaban J connectivity index is 1.34. The Bertz CT molecular complexity index is 1700. The van der Waals surface area contributed by atoms with E-state index in [1.807, 2.05) is 0 Å². The summed E-state index contributed by atoms with van der Waals surface area (Å²) in [5.74, 6) is -0.547. The van der Waals surface area contributed by atoms with Gasteiger partial charge < -0.3 is 14.5 Å². The molecular formula is C29H26Cl2N2O6S. The summed E-state index contributed by atoms with van der Waals surface area (Å²) in [6.07, 6.45) is 3.73. The van der Waals surface area contributed by atoms with Crippen LogP contribution in [0.5, 0.6) is 5.75 Å². The van der Waals surface area contributed by atoms with Crippen molar-refractivity contribution in [1.29, 1.82) is 0 Å². The molecule has 1 amide bonds. The summed E-state index contributed by atoms with van der Waals surface area (Å²) < 4.78 is 39.2. The molecule has 1 aliphatic heterocycles. The molecule has 0 radical (unpaired) electrons. The number of amides is 1. The molecule has 208 valence electrons. The van der Waals surface area contributed by atoms with E-state index in [0.29, 0.717) is 40.0 Å². The predicted octanol–water partition coefficient (Wildman–Crippen LogP) is 6.35. The van der Waals surface area contributed by atoms with Gasteiger partial charge in [-0.2, -0.15) is 4.31 Å². The van der Waals surface area contributed by atoms with E-state index in [9.17, 15) is 18.0 Å². The zero-order valence-electron chi connectivity index (χ0n) is 21.4. The van der Waals surface area contributed by atoms with E-state index in [0.717, 1.165) is 25.7 Å². The lowest BCUT2D eigenvalue weighted by atomic mass is 10.1. The Morgan fingerprint density at radius 3 is 2.23 bits per heavy atom. The van der Waals surface area contributed by atoms with Crippen LogP contribution < -0.4 is 15.5 Å². The molecule has 2 heterocycles. The first-order chi connectivity index (χ1) is 19.2. The minimum atomic E-state index is -3.60. The quantitative estimate of drug-likeness (QED) is 0.265. The van der Waals surface area contributed by atoms with Crippen molar-refractivity contribution in [3.63, 3.8) is 0 Å². The number of benzene rings is 3. The third kappa shape index (κ3) is 6.18. The van der Waals surface area contributed by atoms with Crippen molar-refractivity contribution < 1.29 is 22.4 Å². The number of carbonyl (C=O) groups excluding carboxylic acids is 1. The number of rotatable bonds is 7. The first-order valence-electron chi connectivity index (χ1n) is 12.8. The van der Waals surface area contributed by atoms with Gasteiger partial charge in [-0.1, -0.05) is 36.0 Å². The lowest BCUT2D eigenvalue weighted by molar-refractivity contribution is -0.118. The first-order valence-corrected chi connectivity index (χ1v) is 15.0. The molecule has 8 nitrogen and oxygen atoms in total. The zero-order chi connectivity index (χ0) is 28.3. The van der Waals surface area contributed by atoms with Gasteiger partial charge in [-0.25, -0.2) is 8.42 Å². The fourth-order valence-corrected chi connectivity index (χ4v) is 6.36. The fourth-order valence-electron chi connectivity index (χ4n) is 4.55. The summed E-state index contributed by atoms with van der Waals surface area (Å²) in [5, 5.41) is 3.74. The summed E-state index contributed by atoms with van der Waals surface area (Å²) in [5.41, 5.74) is 0.754. The second kappa shape index (κ2) is 12.0. The summed E-state index contributed by atoms with van der Waals surface area (Å²) in [6.45, 7) is 0.515. The fraction of sp³-hybridized carbons (Fsp3) is 0.241. The molecule has 1 N–H and O–H groups in total. The minimum Gasteiger partial charge on any atom is -0.476 e. The molecule has 1 aliphatic rings. The highest BCUT2D eigenvalue weighted by Crippen LogP contribution is 2.32. The van der Waals surface area contributed by atoms with Crippen molar-refractivity contribution in [2.75, 3.05) is 25.0 Å². The molecule has 0 bridgehead atoms. The Labute approximate surface area is 241 Å². The number of nitrogens with zero attached hydrogens (tertiary/aromatic N) is 1. The highest BCUT2D eigenvalue weighted by Gasteiger charge is 2.25. The second-order valence-corrected chi connectivity index (χ2v) is 12.2. The van der Waals surface area contributed by atoms with Crippen LogP contribution in [0.25, 0.3) is 22.3 Å². The van der Waals surface area contributed by atoms with Crippen LogP contribution in [0.4, 0.5) is 5.69 Å². The van der Waals surface area contributed by atoms with Crippen molar-refractivity contribution in [3.05, 3.63) is 87.0 Å². The van der Waals surface area contributed by atoms with Crippen LogP contribution in [0.3, 0.4) is 0 Å². The SMILES string of the molecule is O=C(COc1c(-c2ccc(Cl)cc2)oc2ccc(Cl)cc2c1=O)Nc1ccc(S(=O)(=O)N2CCCCCC2)cc1. The summed E-state index contributed by atoms with van der Waals surface area (Å²) in [7, 11) is -3.60. The van der Waals surface area contributed by atoms with Crippen LogP contribution in [0, 0.1) is 0 Å². The first kappa shape index (κ1) is 28.2. The summed E-state index contributed by atoms with van der Waals surface area (Å²) in [4.78, 5) is 26.2. The topological polar surface area (TPSA) is 106 Å². The van der Waals surface area contributed by atoms with E-state index in [2.05, 4.69) is 5.32 Å². The second-order valence-electron chi connectivity index (χ2n) is 9.42. The van der Waals surface area contributed by atoms with Crippen LogP contribution in [0.2, 0.25) is 10.0 Å². The number of hydrogen-bond donors (Lipinski definition) is 1. The van der Waals surface area contributed by atoms with Crippen molar-refractivity contribution in [1.82, 2.24) is 4.31 Å². The van der Waals surface area contributed by atoms with Gasteiger partial charge in [0.05, 0.1) is 10.3 Å². The Kier molecular flexibility index (Phi) is 8.46. The van der Waals surface area contributed by atoms with Gasteiger partial charge in [0.2, 0.25) is 21.2 Å². The number of nitrogens with one attached hydrogen (secondary N) is 1. The molecular weight excluding hydrogens is 575 g/mol. The van der Waals surface area contributed by atoms with Gasteiger partial charge in [0.15, 0.2) is 12.4 Å². The van der Waals surface area contributed by atoms with E-state index < -0.39 is 28.0 Å². The van der Waals surface area contributed by atoms with Crippen LogP contribution >= 0.6 is 23.2 Å². The highest BCUT2D eigenvalue weighted by molar-refractivity contribution is 7.89. The Morgan fingerprint density at radius 2 is 1.55 bits per heavy atom. The normalized spacial score (nSPS) is 14.6. The molecule has 4 aromatic rings. The van der Waals surface area contributed by atoms with E-state index in [-0.39, 0.29) is 21.8 Å². The predicted molar refractivity (Wildman–Crippen MR) is 156 cm³/mol. The average molecular weight is 602 g/mol. The van der Waals surface area contributed by atoms with Gasteiger partial charge in [-0.15, -0.1) is 0 Å². The maximum absolute atomic E-state index is 13.3. The zero-order valence-corrected chi connectivity index (χ0v) is 23.7. The van der Waals surface area contributed by atoms with Crippen molar-refractivity contribution in [3.8, 4) is 17.1 Å². The van der Waals surface area contributed by atoms with Gasteiger partial charge in [0.1, 0.15) is 5.58 Å². The smallest absolute Gasteiger partial charge is 0.262 e. The third-order valence-corrected chi connectivity index (χ3v) is 9.01. The molecule has 1 fully saturated rings. The number of anilines is 1. The molecule has 1 saturated heterocycles. The van der Waals surface area contributed by atoms with Crippen molar-refractivity contribution in [2.24, 2.45) is 0 Å². The van der Waals surface area contributed by atoms with Gasteiger partial charge in [0, 0.05) is 34.4 Å². The third-order valence-electron chi connectivity index (χ3n) is 6.61. The molecule has 0 unspecified atom stereocenters. The van der Waals surface area contributed by atoms with E-state index in [4.69, 9.17) is 32.4 Å². The van der Waals surface area contributed by atoms with Crippen molar-refractivity contribution >= 4 is 55.8 Å². The molecule has 3 aromatic carbocycles. The number of sulfonamides is 1. The molecule has 0 saturated carbocycles. The molecule has 0 aliphatic carbocycles. The average Bonchev–Trinajstić information content (AvgIpc) is 3.24. The molecule has 0 spiro atoms. The van der Waals surface area contributed by atoms with E-state index in [1.165, 1.54) is 34.6 Å². The molecule has 1 aromatic heterocycles. The van der Waals surface area contributed by atoms with Crippen LogP contribution in [0.15, 0.2) is 80.8 Å². The molecule has 40 heavy (non-hydrogen) atoms. The number of carbonyl (C=O) groups is 1. The standard InChI is InChI=1S/C29H26Cl2N2O6S/c30-20-7-5-19(6-8-20)28-29(27(35)24-17-21(31)9-14-25(24)39-28)38-18-26(34)32-22-10-12-23(13-11-22)40(36,37)33-15-3-1-2-4-16-33/h5-14,17H,1-4,15-16,18H2,(H,32,34). The number of hydrogen-bond acceptors (Lipinski definition) is 6. The van der Waals surface area contributed by atoms with Crippen LogP contribution in [-0.4, -0.2) is 38.3 Å². The van der Waals surface area contributed by atoms with E-state index >= 15 is 0 Å². The van der Waals surface area contributed by atoms with Gasteiger partial charge in [0.25, 0.3) is 5.91 Å². The lowest BCUT2D eigenvalue weighted by Gasteiger charge is -2.20. The molecule has 0 atom stereocenters. The maximum atomic E-state index is 13.3. The summed E-state index contributed by atoms with van der Waals surface area (Å²) >= 11 is 12.1. The van der Waals surface area contributed by atoms with Gasteiger partial charge in [-0.05, 0) is 79.6 Å². The number of ether oxygens (including phenoxy) is 1. The maximum Gasteiger partial charge on any atom is 0.262 e. The highest BCUT2D eigenvalue weighted by atomic mass is 35.5. The largest absolute Gasteiger partial charge is 0.476 e. The summed E-state index contributed by atoms with van der Waals surface area (Å²) in [6, 6.07) is 17.3. The van der Waals surface area contributed by atoms with E-state index in [1.54, 1.807) is 36.4 Å². The monoisotopic (exact) mass is 600 g/mol. The Hall–Kier alpha value is -3.37. The van der Waals surface area contributed by atoms with Crippen molar-refractivity contribution in [2.45, 2.75) is 30.6 Å². The molecule has 11 heteroatoms. The number of halogens is 2. The van der Waals surface area contributed by atoms with Crippen LogP contribution in [-0.2, 0) is 14.8 Å². The molecule has 5 rings (SSSR count).